The lowest BCUT2D eigenvalue weighted by molar-refractivity contribution is 0.0610. The molecule has 90 valence electrons. The van der Waals surface area contributed by atoms with Crippen molar-refractivity contribution in [1.29, 1.82) is 0 Å². The van der Waals surface area contributed by atoms with Gasteiger partial charge in [0.15, 0.2) is 0 Å². The van der Waals surface area contributed by atoms with E-state index >= 15 is 0 Å². The highest BCUT2D eigenvalue weighted by Gasteiger charge is 2.26. The van der Waals surface area contributed by atoms with Crippen molar-refractivity contribution >= 4 is 11.6 Å². The van der Waals surface area contributed by atoms with Crippen LogP contribution in [0.4, 0.5) is 4.39 Å². The Kier molecular flexibility index (Phi) is 3.71. The first-order valence-electron chi connectivity index (χ1n) is 5.79. The Morgan fingerprint density at radius 3 is 2.53 bits per heavy atom. The lowest BCUT2D eigenvalue weighted by atomic mass is 9.85. The Morgan fingerprint density at radius 1 is 1.18 bits per heavy atom. The molecule has 3 heteroatoms. The van der Waals surface area contributed by atoms with E-state index in [1.807, 2.05) is 0 Å². The number of rotatable bonds is 0. The monoisotopic (exact) mass is 252 g/mol. The number of hydrogen-bond acceptors (Lipinski definition) is 1. The largest absolute Gasteiger partial charge is 0.378 e. The zero-order chi connectivity index (χ0) is 12.3. The van der Waals surface area contributed by atoms with Crippen LogP contribution in [0.3, 0.4) is 0 Å². The van der Waals surface area contributed by atoms with Gasteiger partial charge in [-0.3, -0.25) is 0 Å². The van der Waals surface area contributed by atoms with Gasteiger partial charge in [0.05, 0.1) is 0 Å². The summed E-state index contributed by atoms with van der Waals surface area (Å²) in [5, 5.41) is 10.5. The van der Waals surface area contributed by atoms with Crippen LogP contribution in [0.5, 0.6) is 0 Å². The minimum Gasteiger partial charge on any atom is -0.378 e. The van der Waals surface area contributed by atoms with Crippen molar-refractivity contribution in [3.63, 3.8) is 0 Å². The second kappa shape index (κ2) is 5.08. The second-order valence-corrected chi connectivity index (χ2v) is 4.94. The van der Waals surface area contributed by atoms with Gasteiger partial charge in [-0.05, 0) is 43.9 Å². The Hall–Kier alpha value is -1.04. The summed E-state index contributed by atoms with van der Waals surface area (Å²) in [5.74, 6) is 5.26. The first kappa shape index (κ1) is 12.4. The molecule has 0 heterocycles. The summed E-state index contributed by atoms with van der Waals surface area (Å²) >= 11 is 5.74. The predicted octanol–water partition coefficient (Wildman–Crippen LogP) is 3.53. The van der Waals surface area contributed by atoms with E-state index in [0.717, 1.165) is 19.3 Å². The van der Waals surface area contributed by atoms with Crippen molar-refractivity contribution in [3.05, 3.63) is 34.6 Å². The Balaban J connectivity index is 2.19. The molecular formula is C14H14ClFO. The van der Waals surface area contributed by atoms with Gasteiger partial charge in [0, 0.05) is 10.6 Å². The average molecular weight is 253 g/mol. The molecule has 0 spiro atoms. The summed E-state index contributed by atoms with van der Waals surface area (Å²) in [5.41, 5.74) is -0.397. The lowest BCUT2D eigenvalue weighted by Crippen LogP contribution is -2.29. The van der Waals surface area contributed by atoms with Crippen LogP contribution in [0.15, 0.2) is 18.2 Å². The van der Waals surface area contributed by atoms with Gasteiger partial charge in [0.1, 0.15) is 11.4 Å². The van der Waals surface area contributed by atoms with Crippen molar-refractivity contribution < 1.29 is 9.50 Å². The van der Waals surface area contributed by atoms with Crippen LogP contribution in [0, 0.1) is 17.7 Å². The molecule has 0 aliphatic heterocycles. The molecule has 0 bridgehead atoms. The van der Waals surface area contributed by atoms with Crippen LogP contribution in [-0.4, -0.2) is 10.7 Å². The van der Waals surface area contributed by atoms with Crippen LogP contribution < -0.4 is 0 Å². The molecular weight excluding hydrogens is 239 g/mol. The van der Waals surface area contributed by atoms with Crippen molar-refractivity contribution in [2.24, 2.45) is 0 Å². The predicted molar refractivity (Wildman–Crippen MR) is 66.3 cm³/mol. The Morgan fingerprint density at radius 2 is 1.88 bits per heavy atom. The van der Waals surface area contributed by atoms with Gasteiger partial charge in [-0.2, -0.15) is 0 Å². The molecule has 0 unspecified atom stereocenters. The van der Waals surface area contributed by atoms with Gasteiger partial charge < -0.3 is 5.11 Å². The number of aliphatic hydroxyl groups is 1. The van der Waals surface area contributed by atoms with E-state index in [1.165, 1.54) is 12.1 Å². The van der Waals surface area contributed by atoms with E-state index in [2.05, 4.69) is 11.8 Å². The fraction of sp³-hybridized carbons (Fsp3) is 0.429. The molecule has 1 N–H and O–H groups in total. The summed E-state index contributed by atoms with van der Waals surface area (Å²) in [6, 6.07) is 4.16. The van der Waals surface area contributed by atoms with Crippen molar-refractivity contribution in [1.82, 2.24) is 0 Å². The third-order valence-corrected chi connectivity index (χ3v) is 3.20. The molecule has 0 saturated heterocycles. The average Bonchev–Trinajstić information content (AvgIpc) is 2.26. The highest BCUT2D eigenvalue weighted by molar-refractivity contribution is 6.30. The van der Waals surface area contributed by atoms with Gasteiger partial charge in [-0.1, -0.05) is 29.9 Å². The van der Waals surface area contributed by atoms with Crippen LogP contribution in [-0.2, 0) is 0 Å². The third-order valence-electron chi connectivity index (χ3n) is 2.98. The van der Waals surface area contributed by atoms with Gasteiger partial charge in [-0.15, -0.1) is 0 Å². The van der Waals surface area contributed by atoms with Crippen molar-refractivity contribution in [3.8, 4) is 11.8 Å². The summed E-state index contributed by atoms with van der Waals surface area (Å²) < 4.78 is 13.1. The number of halogens is 2. The quantitative estimate of drug-likeness (QED) is 0.701. The summed E-state index contributed by atoms with van der Waals surface area (Å²) in [6.45, 7) is 0. The van der Waals surface area contributed by atoms with Gasteiger partial charge in [0.25, 0.3) is 0 Å². The summed E-state index contributed by atoms with van der Waals surface area (Å²) in [4.78, 5) is 0. The molecule has 1 nitrogen and oxygen atoms in total. The maximum Gasteiger partial charge on any atom is 0.125 e. The van der Waals surface area contributed by atoms with Gasteiger partial charge in [-0.25, -0.2) is 4.39 Å². The SMILES string of the molecule is OC1(C#Cc2cc(F)cc(Cl)c2)CCCCC1. The number of hydrogen-bond donors (Lipinski definition) is 1. The fourth-order valence-electron chi connectivity index (χ4n) is 2.08. The topological polar surface area (TPSA) is 20.2 Å². The third kappa shape index (κ3) is 3.46. The van der Waals surface area contributed by atoms with E-state index in [9.17, 15) is 9.50 Å². The molecule has 17 heavy (non-hydrogen) atoms. The first-order valence-corrected chi connectivity index (χ1v) is 6.17. The van der Waals surface area contributed by atoms with E-state index in [4.69, 9.17) is 11.6 Å². The van der Waals surface area contributed by atoms with E-state index < -0.39 is 11.4 Å². The molecule has 0 aromatic heterocycles. The molecule has 0 radical (unpaired) electrons. The first-order chi connectivity index (χ1) is 8.07. The smallest absolute Gasteiger partial charge is 0.125 e. The summed E-state index contributed by atoms with van der Waals surface area (Å²) in [6.07, 6.45) is 4.53. The molecule has 1 saturated carbocycles. The zero-order valence-corrected chi connectivity index (χ0v) is 10.2. The highest BCUT2D eigenvalue weighted by Crippen LogP contribution is 2.27. The van der Waals surface area contributed by atoms with E-state index in [0.29, 0.717) is 23.4 Å². The fourth-order valence-corrected chi connectivity index (χ4v) is 2.30. The van der Waals surface area contributed by atoms with Crippen molar-refractivity contribution in [2.75, 3.05) is 0 Å². The van der Waals surface area contributed by atoms with Gasteiger partial charge >= 0.3 is 0 Å². The molecule has 1 aliphatic carbocycles. The molecule has 1 aromatic carbocycles. The number of benzene rings is 1. The van der Waals surface area contributed by atoms with Crippen LogP contribution >= 0.6 is 11.6 Å². The molecule has 1 fully saturated rings. The molecule has 1 aliphatic rings. The van der Waals surface area contributed by atoms with Crippen LogP contribution in [0.2, 0.25) is 5.02 Å². The minimum atomic E-state index is -0.906. The standard InChI is InChI=1S/C14H14ClFO/c15-12-8-11(9-13(16)10-12)4-7-14(17)5-2-1-3-6-14/h8-10,17H,1-3,5-6H2. The molecule has 0 amide bonds. The zero-order valence-electron chi connectivity index (χ0n) is 9.47. The maximum atomic E-state index is 13.1. The maximum absolute atomic E-state index is 13.1. The van der Waals surface area contributed by atoms with Crippen molar-refractivity contribution in [2.45, 2.75) is 37.7 Å². The Labute approximate surface area is 106 Å². The highest BCUT2D eigenvalue weighted by atomic mass is 35.5. The molecule has 0 atom stereocenters. The van der Waals surface area contributed by atoms with Crippen LogP contribution in [0.1, 0.15) is 37.7 Å². The molecule has 2 rings (SSSR count). The van der Waals surface area contributed by atoms with E-state index in [-0.39, 0.29) is 0 Å². The minimum absolute atomic E-state index is 0.324. The normalized spacial score (nSPS) is 18.3. The Bertz CT molecular complexity index is 447. The summed E-state index contributed by atoms with van der Waals surface area (Å²) in [7, 11) is 0. The molecule has 1 aromatic rings. The van der Waals surface area contributed by atoms with Gasteiger partial charge in [0.2, 0.25) is 0 Å². The van der Waals surface area contributed by atoms with Crippen LogP contribution in [0.25, 0.3) is 0 Å². The second-order valence-electron chi connectivity index (χ2n) is 4.50. The van der Waals surface area contributed by atoms with E-state index in [1.54, 1.807) is 6.07 Å². The lowest BCUT2D eigenvalue weighted by Gasteiger charge is -2.26.